The maximum atomic E-state index is 13.7. The molecule has 0 aliphatic carbocycles. The highest BCUT2D eigenvalue weighted by atomic mass is 35.6. The number of rotatable bonds is 7. The van der Waals surface area contributed by atoms with Crippen LogP contribution in [0.3, 0.4) is 0 Å². The summed E-state index contributed by atoms with van der Waals surface area (Å²) in [5.41, 5.74) is 2.01. The van der Waals surface area contributed by atoms with Gasteiger partial charge in [0.25, 0.3) is 5.56 Å². The molecule has 2 aromatic carbocycles. The highest BCUT2D eigenvalue weighted by Gasteiger charge is 2.36. The molecule has 2 atom stereocenters. The number of halogens is 3. The van der Waals surface area contributed by atoms with Gasteiger partial charge in [0, 0.05) is 6.92 Å². The molecular weight excluding hydrogens is 585 g/mol. The van der Waals surface area contributed by atoms with Gasteiger partial charge in [0.2, 0.25) is 15.9 Å². The summed E-state index contributed by atoms with van der Waals surface area (Å²) in [4.78, 5) is 43.1. The summed E-state index contributed by atoms with van der Waals surface area (Å²) in [6.07, 6.45) is 0.517. The standard InChI is InChI=1S/C27H24Cl3N3O5S/c1-4-37-24(36)21-15(2)31-26-33(22(21)18-8-6-5-7-9-18)23(35)20(39-26)14-17-10-12-19(13-11-17)38-25(27(28,29)30)32-16(3)34/h5-14,22,25H,4H2,1-3H3,(H,32,34)/b20-14-/t22-,25-/m1/s1. The van der Waals surface area contributed by atoms with E-state index in [0.717, 1.165) is 5.56 Å². The van der Waals surface area contributed by atoms with Crippen molar-refractivity contribution in [3.8, 4) is 5.75 Å². The summed E-state index contributed by atoms with van der Waals surface area (Å²) >= 11 is 19.0. The van der Waals surface area contributed by atoms with Gasteiger partial charge in [-0.3, -0.25) is 14.2 Å². The number of fused-ring (bicyclic) bond motifs is 1. The van der Waals surface area contributed by atoms with Crippen LogP contribution in [0.25, 0.3) is 6.08 Å². The Hall–Kier alpha value is -3.11. The van der Waals surface area contributed by atoms with Crippen LogP contribution in [0.1, 0.15) is 37.9 Å². The number of amides is 1. The van der Waals surface area contributed by atoms with Crippen LogP contribution in [0, 0.1) is 0 Å². The van der Waals surface area contributed by atoms with E-state index in [1.165, 1.54) is 22.8 Å². The molecule has 12 heteroatoms. The van der Waals surface area contributed by atoms with Crippen LogP contribution in [0.2, 0.25) is 0 Å². The van der Waals surface area contributed by atoms with Gasteiger partial charge in [-0.1, -0.05) is 88.6 Å². The van der Waals surface area contributed by atoms with E-state index in [0.29, 0.717) is 31.9 Å². The number of nitrogens with one attached hydrogen (secondary N) is 1. The summed E-state index contributed by atoms with van der Waals surface area (Å²) < 4.78 is 11.0. The Kier molecular flexibility index (Phi) is 8.86. The first-order valence-electron chi connectivity index (χ1n) is 11.8. The van der Waals surface area contributed by atoms with E-state index >= 15 is 0 Å². The normalized spacial score (nSPS) is 16.3. The van der Waals surface area contributed by atoms with Crippen molar-refractivity contribution >= 4 is 64.1 Å². The number of benzene rings is 2. The van der Waals surface area contributed by atoms with E-state index in [4.69, 9.17) is 44.3 Å². The van der Waals surface area contributed by atoms with Crippen LogP contribution in [0.15, 0.2) is 75.7 Å². The molecule has 0 saturated heterocycles. The lowest BCUT2D eigenvalue weighted by Crippen LogP contribution is -2.47. The summed E-state index contributed by atoms with van der Waals surface area (Å²) in [6, 6.07) is 15.3. The van der Waals surface area contributed by atoms with E-state index in [1.807, 2.05) is 30.3 Å². The molecule has 0 bridgehead atoms. The van der Waals surface area contributed by atoms with Gasteiger partial charge in [-0.2, -0.15) is 0 Å². The molecule has 0 unspecified atom stereocenters. The minimum absolute atomic E-state index is 0.203. The Bertz CT molecular complexity index is 1590. The lowest BCUT2D eigenvalue weighted by Gasteiger charge is -2.25. The summed E-state index contributed by atoms with van der Waals surface area (Å²) in [7, 11) is 0. The number of ether oxygens (including phenoxy) is 2. The second-order valence-corrected chi connectivity index (χ2v) is 11.9. The van der Waals surface area contributed by atoms with Crippen molar-refractivity contribution in [1.82, 2.24) is 9.88 Å². The van der Waals surface area contributed by atoms with Gasteiger partial charge in [-0.15, -0.1) is 0 Å². The number of carbonyl (C=O) groups is 2. The van der Waals surface area contributed by atoms with Crippen LogP contribution >= 0.6 is 46.1 Å². The Morgan fingerprint density at radius 1 is 1.15 bits per heavy atom. The predicted octanol–water partition coefficient (Wildman–Crippen LogP) is 4.01. The number of allylic oxidation sites excluding steroid dienone is 1. The van der Waals surface area contributed by atoms with Crippen LogP contribution in [-0.2, 0) is 14.3 Å². The highest BCUT2D eigenvalue weighted by molar-refractivity contribution is 7.07. The molecule has 1 amide bonds. The average molecular weight is 609 g/mol. The van der Waals surface area contributed by atoms with Crippen molar-refractivity contribution in [3.63, 3.8) is 0 Å². The molecule has 39 heavy (non-hydrogen) atoms. The Labute approximate surface area is 243 Å². The van der Waals surface area contributed by atoms with Gasteiger partial charge in [0.1, 0.15) is 5.75 Å². The fourth-order valence-electron chi connectivity index (χ4n) is 4.04. The monoisotopic (exact) mass is 607 g/mol. The summed E-state index contributed by atoms with van der Waals surface area (Å²) in [5, 5.41) is 2.44. The molecule has 3 aromatic rings. The third kappa shape index (κ3) is 6.55. The predicted molar refractivity (Wildman–Crippen MR) is 152 cm³/mol. The highest BCUT2D eigenvalue weighted by Crippen LogP contribution is 2.32. The Balaban J connectivity index is 1.72. The minimum Gasteiger partial charge on any atom is -0.466 e. The van der Waals surface area contributed by atoms with Gasteiger partial charge in [0.05, 0.1) is 28.5 Å². The van der Waals surface area contributed by atoms with E-state index in [1.54, 1.807) is 44.2 Å². The zero-order valence-corrected chi connectivity index (χ0v) is 24.2. The fourth-order valence-corrected chi connectivity index (χ4v) is 5.38. The third-order valence-electron chi connectivity index (χ3n) is 5.70. The van der Waals surface area contributed by atoms with Crippen molar-refractivity contribution in [2.24, 2.45) is 4.99 Å². The van der Waals surface area contributed by atoms with Crippen LogP contribution in [0.5, 0.6) is 5.75 Å². The van der Waals surface area contributed by atoms with Crippen LogP contribution < -0.4 is 24.9 Å². The SMILES string of the molecule is CCOC(=O)C1=C(C)N=c2s/c(=C\c3ccc(O[C@@H](NC(C)=O)C(Cl)(Cl)Cl)cc3)c(=O)n2[C@@H]1c1ccccc1. The third-order valence-corrected chi connectivity index (χ3v) is 7.27. The molecule has 0 saturated carbocycles. The molecule has 0 fully saturated rings. The van der Waals surface area contributed by atoms with Crippen LogP contribution in [0.4, 0.5) is 0 Å². The quantitative estimate of drug-likeness (QED) is 0.248. The zero-order valence-electron chi connectivity index (χ0n) is 21.1. The molecule has 0 spiro atoms. The molecule has 204 valence electrons. The Morgan fingerprint density at radius 3 is 2.41 bits per heavy atom. The van der Waals surface area contributed by atoms with Gasteiger partial charge >= 0.3 is 5.97 Å². The number of thiazole rings is 1. The smallest absolute Gasteiger partial charge is 0.338 e. The van der Waals surface area contributed by atoms with Crippen molar-refractivity contribution in [2.45, 2.75) is 36.8 Å². The molecule has 2 heterocycles. The van der Waals surface area contributed by atoms with Crippen molar-refractivity contribution in [3.05, 3.63) is 96.7 Å². The zero-order chi connectivity index (χ0) is 28.3. The van der Waals surface area contributed by atoms with Crippen molar-refractivity contribution in [1.29, 1.82) is 0 Å². The first kappa shape index (κ1) is 28.9. The maximum Gasteiger partial charge on any atom is 0.338 e. The molecular formula is C27H24Cl3N3O5S. The molecule has 1 aliphatic heterocycles. The topological polar surface area (TPSA) is 99.0 Å². The fraction of sp³-hybridized carbons (Fsp3) is 0.259. The molecule has 8 nitrogen and oxygen atoms in total. The summed E-state index contributed by atoms with van der Waals surface area (Å²) in [6.45, 7) is 4.96. The number of nitrogens with zero attached hydrogens (tertiary/aromatic N) is 2. The van der Waals surface area contributed by atoms with E-state index in [-0.39, 0.29) is 12.2 Å². The van der Waals surface area contributed by atoms with Gasteiger partial charge in [-0.05, 0) is 43.2 Å². The van der Waals surface area contributed by atoms with Crippen molar-refractivity contribution in [2.75, 3.05) is 6.61 Å². The lowest BCUT2D eigenvalue weighted by molar-refractivity contribution is -0.139. The molecule has 1 aromatic heterocycles. The average Bonchev–Trinajstić information content (AvgIpc) is 3.18. The van der Waals surface area contributed by atoms with E-state index < -0.39 is 27.9 Å². The number of esters is 1. The Morgan fingerprint density at radius 2 is 1.82 bits per heavy atom. The van der Waals surface area contributed by atoms with Gasteiger partial charge < -0.3 is 14.8 Å². The van der Waals surface area contributed by atoms with Gasteiger partial charge in [-0.25, -0.2) is 9.79 Å². The van der Waals surface area contributed by atoms with Crippen molar-refractivity contribution < 1.29 is 19.1 Å². The number of hydrogen-bond acceptors (Lipinski definition) is 7. The summed E-state index contributed by atoms with van der Waals surface area (Å²) in [5.74, 6) is -0.587. The number of carbonyl (C=O) groups excluding carboxylic acids is 2. The first-order valence-corrected chi connectivity index (χ1v) is 13.8. The second-order valence-electron chi connectivity index (χ2n) is 8.52. The van der Waals surface area contributed by atoms with Gasteiger partial charge in [0.15, 0.2) is 4.80 Å². The molecule has 1 N–H and O–H groups in total. The van der Waals surface area contributed by atoms with E-state index in [9.17, 15) is 14.4 Å². The molecule has 0 radical (unpaired) electrons. The molecule has 1 aliphatic rings. The number of aromatic nitrogens is 1. The number of alkyl halides is 3. The maximum absolute atomic E-state index is 13.7. The number of hydrogen-bond donors (Lipinski definition) is 1. The van der Waals surface area contributed by atoms with Crippen LogP contribution in [-0.4, -0.2) is 33.1 Å². The second kappa shape index (κ2) is 12.0. The minimum atomic E-state index is -1.89. The first-order chi connectivity index (χ1) is 18.5. The van der Waals surface area contributed by atoms with E-state index in [2.05, 4.69) is 10.3 Å². The lowest BCUT2D eigenvalue weighted by atomic mass is 9.96. The molecule has 4 rings (SSSR count). The largest absolute Gasteiger partial charge is 0.466 e.